The average Bonchev–Trinajstić information content (AvgIpc) is 2.70. The van der Waals surface area contributed by atoms with Crippen LogP contribution in [0, 0.1) is 5.82 Å². The van der Waals surface area contributed by atoms with E-state index in [9.17, 15) is 9.18 Å². The Bertz CT molecular complexity index is 362. The number of aromatic nitrogens is 1. The number of pyridine rings is 1. The number of primary amides is 1. The normalized spacial score (nSPS) is 18.4. The fourth-order valence-corrected chi connectivity index (χ4v) is 1.66. The van der Waals surface area contributed by atoms with Crippen molar-refractivity contribution in [3.8, 4) is 0 Å². The lowest BCUT2D eigenvalue weighted by Crippen LogP contribution is -2.37. The molecule has 7 heteroatoms. The van der Waals surface area contributed by atoms with Crippen LogP contribution in [-0.4, -0.2) is 35.4 Å². The van der Waals surface area contributed by atoms with E-state index in [1.54, 1.807) is 0 Å². The summed E-state index contributed by atoms with van der Waals surface area (Å²) in [5.74, 6) is -0.208. The Hall–Kier alpha value is -0.960. The molecule has 1 aromatic heterocycles. The van der Waals surface area contributed by atoms with Crippen molar-refractivity contribution in [1.82, 2.24) is 9.88 Å². The lowest BCUT2D eigenvalue weighted by Gasteiger charge is -2.14. The molecule has 0 unspecified atom stereocenters. The fraction of sp³-hybridized carbons (Fsp3) is 0.455. The highest BCUT2D eigenvalue weighted by atomic mass is 127. The van der Waals surface area contributed by atoms with Gasteiger partial charge in [-0.25, -0.2) is 9.37 Å². The highest BCUT2D eigenvalue weighted by Gasteiger charge is 2.24. The molecule has 106 valence electrons. The Morgan fingerprint density at radius 3 is 2.56 bits per heavy atom. The van der Waals surface area contributed by atoms with Crippen LogP contribution in [0.5, 0.6) is 0 Å². The van der Waals surface area contributed by atoms with Crippen LogP contribution in [0.3, 0.4) is 0 Å². The van der Waals surface area contributed by atoms with Gasteiger partial charge in [0.1, 0.15) is 11.6 Å². The number of likely N-dealkylation sites (tertiary alicyclic amines) is 1. The molecule has 18 heavy (non-hydrogen) atoms. The molecule has 5 nitrogen and oxygen atoms in total. The third-order valence-electron chi connectivity index (χ3n) is 2.60. The minimum atomic E-state index is -0.362. The van der Waals surface area contributed by atoms with Gasteiger partial charge in [0.05, 0.1) is 12.2 Å². The highest BCUT2D eigenvalue weighted by Crippen LogP contribution is 2.13. The van der Waals surface area contributed by atoms with Gasteiger partial charge in [0, 0.05) is 2.85 Å². The summed E-state index contributed by atoms with van der Waals surface area (Å²) >= 11 is 0. The standard InChI is InChI=1S/C6H12N2O.C5H5FN2.HI.2H2/c1-8-4-2-3-5(8)6(7)9;6-4-1-2-5(7)8-3-4;;;/h5H,2-4H2,1H3,(H2,7,9);1-3H,(H2,7,8);3*1H/t5-;;;;/m0..../s1. The van der Waals surface area contributed by atoms with E-state index < -0.39 is 0 Å². The molecule has 1 aliphatic heterocycles. The number of halogens is 2. The first-order valence-corrected chi connectivity index (χ1v) is 5.37. The Morgan fingerprint density at radius 1 is 1.61 bits per heavy atom. The third kappa shape index (κ3) is 5.58. The maximum absolute atomic E-state index is 12.0. The quantitative estimate of drug-likeness (QED) is 0.732. The number of nitrogens with zero attached hydrogens (tertiary/aromatic N) is 2. The van der Waals surface area contributed by atoms with E-state index in [-0.39, 0.29) is 44.6 Å². The largest absolute Gasteiger partial charge is 0.384 e. The van der Waals surface area contributed by atoms with Crippen molar-refractivity contribution in [2.75, 3.05) is 19.3 Å². The van der Waals surface area contributed by atoms with Gasteiger partial charge < -0.3 is 11.5 Å². The maximum atomic E-state index is 12.0. The number of anilines is 1. The SMILES string of the molecule is CN1CCC[C@H]1C(N)=O.I.Nc1ccc(F)cn1.[HH].[HH]. The van der Waals surface area contributed by atoms with Crippen molar-refractivity contribution in [3.63, 3.8) is 0 Å². The van der Waals surface area contributed by atoms with Gasteiger partial charge in [-0.3, -0.25) is 9.69 Å². The minimum absolute atomic E-state index is 0. The lowest BCUT2D eigenvalue weighted by atomic mass is 10.2. The lowest BCUT2D eigenvalue weighted by molar-refractivity contribution is -0.121. The number of amides is 1. The molecule has 4 N–H and O–H groups in total. The van der Waals surface area contributed by atoms with Gasteiger partial charge in [-0.05, 0) is 38.6 Å². The van der Waals surface area contributed by atoms with Crippen molar-refractivity contribution >= 4 is 35.7 Å². The van der Waals surface area contributed by atoms with E-state index in [1.165, 1.54) is 12.1 Å². The van der Waals surface area contributed by atoms with E-state index in [1.807, 2.05) is 11.9 Å². The monoisotopic (exact) mass is 372 g/mol. The van der Waals surface area contributed by atoms with Crippen molar-refractivity contribution in [3.05, 3.63) is 24.1 Å². The predicted octanol–water partition coefficient (Wildman–Crippen LogP) is 1.48. The first kappa shape index (κ1) is 17.0. The number of hydrogen-bond donors (Lipinski definition) is 2. The van der Waals surface area contributed by atoms with Crippen molar-refractivity contribution in [2.24, 2.45) is 5.73 Å². The Morgan fingerprint density at radius 2 is 2.28 bits per heavy atom. The van der Waals surface area contributed by atoms with Crippen LogP contribution in [-0.2, 0) is 4.79 Å². The molecule has 1 saturated heterocycles. The zero-order valence-electron chi connectivity index (χ0n) is 10.2. The first-order valence-electron chi connectivity index (χ1n) is 5.37. The summed E-state index contributed by atoms with van der Waals surface area (Å²) < 4.78 is 12.0. The molecule has 1 amide bonds. The summed E-state index contributed by atoms with van der Waals surface area (Å²) in [6.07, 6.45) is 3.12. The summed E-state index contributed by atoms with van der Waals surface area (Å²) in [5, 5.41) is 0. The van der Waals surface area contributed by atoms with Gasteiger partial charge in [0.25, 0.3) is 0 Å². The molecule has 0 aliphatic carbocycles. The van der Waals surface area contributed by atoms with Crippen molar-refractivity contribution in [1.29, 1.82) is 0 Å². The van der Waals surface area contributed by atoms with E-state index in [4.69, 9.17) is 11.5 Å². The number of likely N-dealkylation sites (N-methyl/N-ethyl adjacent to an activating group) is 1. The number of rotatable bonds is 1. The summed E-state index contributed by atoms with van der Waals surface area (Å²) in [6.45, 7) is 1.01. The van der Waals surface area contributed by atoms with Gasteiger partial charge in [-0.2, -0.15) is 0 Å². The second-order valence-corrected chi connectivity index (χ2v) is 3.94. The first-order chi connectivity index (χ1) is 8.00. The zero-order chi connectivity index (χ0) is 12.8. The van der Waals surface area contributed by atoms with Gasteiger partial charge in [0.2, 0.25) is 5.91 Å². The molecule has 2 rings (SSSR count). The summed E-state index contributed by atoms with van der Waals surface area (Å²) in [7, 11) is 1.93. The van der Waals surface area contributed by atoms with Crippen LogP contribution >= 0.6 is 24.0 Å². The smallest absolute Gasteiger partial charge is 0.234 e. The number of hydrogen-bond acceptors (Lipinski definition) is 4. The Labute approximate surface area is 126 Å². The minimum Gasteiger partial charge on any atom is -0.384 e. The predicted molar refractivity (Wildman–Crippen MR) is 83.1 cm³/mol. The molecule has 1 aliphatic rings. The van der Waals surface area contributed by atoms with Crippen LogP contribution in [0.4, 0.5) is 10.2 Å². The molecule has 1 atom stereocenters. The highest BCUT2D eigenvalue weighted by molar-refractivity contribution is 14.0. The average molecular weight is 372 g/mol. The maximum Gasteiger partial charge on any atom is 0.234 e. The molecule has 2 heterocycles. The Kier molecular flexibility index (Phi) is 7.76. The van der Waals surface area contributed by atoms with Gasteiger partial charge in [-0.15, -0.1) is 24.0 Å². The van der Waals surface area contributed by atoms with Crippen LogP contribution in [0.15, 0.2) is 18.3 Å². The molecular weight excluding hydrogens is 350 g/mol. The van der Waals surface area contributed by atoms with E-state index in [0.29, 0.717) is 5.82 Å². The fourth-order valence-electron chi connectivity index (χ4n) is 1.66. The summed E-state index contributed by atoms with van der Waals surface area (Å²) in [6, 6.07) is 2.68. The van der Waals surface area contributed by atoms with E-state index in [0.717, 1.165) is 25.6 Å². The van der Waals surface area contributed by atoms with Crippen LogP contribution in [0.2, 0.25) is 0 Å². The van der Waals surface area contributed by atoms with Crippen LogP contribution in [0.25, 0.3) is 0 Å². The van der Waals surface area contributed by atoms with Crippen LogP contribution < -0.4 is 11.5 Å². The Balaban J connectivity index is -0.000000252. The summed E-state index contributed by atoms with van der Waals surface area (Å²) in [4.78, 5) is 16.1. The van der Waals surface area contributed by atoms with E-state index >= 15 is 0 Å². The number of carbonyl (C=O) groups excluding carboxylic acids is 1. The second kappa shape index (κ2) is 8.20. The van der Waals surface area contributed by atoms with Crippen molar-refractivity contribution in [2.45, 2.75) is 18.9 Å². The van der Waals surface area contributed by atoms with Gasteiger partial charge >= 0.3 is 0 Å². The zero-order valence-corrected chi connectivity index (χ0v) is 12.5. The van der Waals surface area contributed by atoms with Crippen molar-refractivity contribution < 1.29 is 12.0 Å². The second-order valence-electron chi connectivity index (χ2n) is 3.94. The third-order valence-corrected chi connectivity index (χ3v) is 2.60. The molecule has 0 radical (unpaired) electrons. The molecule has 0 spiro atoms. The molecule has 1 aromatic rings. The molecule has 1 fully saturated rings. The number of nitrogens with two attached hydrogens (primary N) is 2. The molecule has 0 bridgehead atoms. The molecular formula is C11H22FIN4O. The molecule has 0 saturated carbocycles. The van der Waals surface area contributed by atoms with E-state index in [2.05, 4.69) is 4.98 Å². The number of carbonyl (C=O) groups is 1. The topological polar surface area (TPSA) is 85.2 Å². The van der Waals surface area contributed by atoms with Crippen LogP contribution in [0.1, 0.15) is 15.7 Å². The van der Waals surface area contributed by atoms with Gasteiger partial charge in [-0.1, -0.05) is 0 Å². The number of nitrogen functional groups attached to an aromatic ring is 1. The summed E-state index contributed by atoms with van der Waals surface area (Å²) in [5.41, 5.74) is 10.3. The molecule has 0 aromatic carbocycles. The van der Waals surface area contributed by atoms with Gasteiger partial charge in [0.15, 0.2) is 0 Å².